The van der Waals surface area contributed by atoms with Crippen LogP contribution in [-0.2, 0) is 9.59 Å². The number of nitrogens with one attached hydrogen (secondary N) is 1. The Kier molecular flexibility index (Phi) is 4.45. The van der Waals surface area contributed by atoms with E-state index in [2.05, 4.69) is 5.32 Å². The second-order valence-corrected chi connectivity index (χ2v) is 3.72. The Morgan fingerprint density at radius 2 is 1.92 bits per heavy atom. The average Bonchev–Trinajstić information content (AvgIpc) is 2.03. The first-order chi connectivity index (χ1) is 5.90. The largest absolute Gasteiger partial charge is 0.481 e. The van der Waals surface area contributed by atoms with Gasteiger partial charge < -0.3 is 10.4 Å². The van der Waals surface area contributed by atoms with Crippen LogP contribution in [0.5, 0.6) is 0 Å². The van der Waals surface area contributed by atoms with Crippen LogP contribution in [0.25, 0.3) is 0 Å². The monoisotopic (exact) mass is 187 g/mol. The van der Waals surface area contributed by atoms with Gasteiger partial charge in [0, 0.05) is 13.5 Å². The Morgan fingerprint density at radius 1 is 1.38 bits per heavy atom. The molecule has 4 heteroatoms. The third-order valence-electron chi connectivity index (χ3n) is 2.06. The van der Waals surface area contributed by atoms with Crippen LogP contribution in [0.2, 0.25) is 0 Å². The van der Waals surface area contributed by atoms with Crippen molar-refractivity contribution in [2.24, 2.45) is 5.41 Å². The van der Waals surface area contributed by atoms with Gasteiger partial charge in [0.25, 0.3) is 0 Å². The van der Waals surface area contributed by atoms with Gasteiger partial charge in [-0.15, -0.1) is 0 Å². The highest BCUT2D eigenvalue weighted by atomic mass is 16.4. The van der Waals surface area contributed by atoms with Crippen LogP contribution in [0.3, 0.4) is 0 Å². The van der Waals surface area contributed by atoms with Gasteiger partial charge in [-0.2, -0.15) is 0 Å². The molecule has 0 rings (SSSR count). The van der Waals surface area contributed by atoms with E-state index in [1.54, 1.807) is 20.9 Å². The number of carboxylic acids is 1. The molecule has 0 aliphatic carbocycles. The summed E-state index contributed by atoms with van der Waals surface area (Å²) in [6.45, 7) is 3.33. The molecule has 0 aliphatic heterocycles. The maximum absolute atomic E-state index is 10.8. The molecular formula is C9H17NO3. The summed E-state index contributed by atoms with van der Waals surface area (Å²) in [7, 11) is 1.57. The van der Waals surface area contributed by atoms with Crippen LogP contribution in [0.15, 0.2) is 0 Å². The van der Waals surface area contributed by atoms with Gasteiger partial charge in [-0.05, 0) is 26.7 Å². The van der Waals surface area contributed by atoms with Crippen molar-refractivity contribution in [3.63, 3.8) is 0 Å². The SMILES string of the molecule is CNC(=O)CCCC(C)(C)C(=O)O. The van der Waals surface area contributed by atoms with Crippen LogP contribution in [0.1, 0.15) is 33.1 Å². The standard InChI is InChI=1S/C9H17NO3/c1-9(2,8(12)13)6-4-5-7(11)10-3/h4-6H2,1-3H3,(H,10,11)(H,12,13). The molecule has 0 aromatic heterocycles. The van der Waals surface area contributed by atoms with Crippen LogP contribution in [-0.4, -0.2) is 24.0 Å². The van der Waals surface area contributed by atoms with Crippen LogP contribution in [0, 0.1) is 5.41 Å². The lowest BCUT2D eigenvalue weighted by molar-refractivity contribution is -0.147. The highest BCUT2D eigenvalue weighted by Crippen LogP contribution is 2.22. The minimum Gasteiger partial charge on any atom is -0.481 e. The molecular weight excluding hydrogens is 170 g/mol. The molecule has 0 saturated carbocycles. The van der Waals surface area contributed by atoms with Crippen LogP contribution < -0.4 is 5.32 Å². The fraction of sp³-hybridized carbons (Fsp3) is 0.778. The molecule has 0 saturated heterocycles. The molecule has 0 aromatic carbocycles. The van der Waals surface area contributed by atoms with Gasteiger partial charge in [-0.1, -0.05) is 0 Å². The van der Waals surface area contributed by atoms with E-state index >= 15 is 0 Å². The molecule has 0 bridgehead atoms. The Labute approximate surface area is 78.3 Å². The second kappa shape index (κ2) is 4.84. The predicted octanol–water partition coefficient (Wildman–Crippen LogP) is 1.01. The van der Waals surface area contributed by atoms with Crippen molar-refractivity contribution in [1.29, 1.82) is 0 Å². The van der Waals surface area contributed by atoms with E-state index in [4.69, 9.17) is 5.11 Å². The molecule has 0 heterocycles. The zero-order valence-electron chi connectivity index (χ0n) is 8.39. The molecule has 0 aliphatic rings. The summed E-state index contributed by atoms with van der Waals surface area (Å²) in [6.07, 6.45) is 1.53. The van der Waals surface area contributed by atoms with Gasteiger partial charge in [0.1, 0.15) is 0 Å². The van der Waals surface area contributed by atoms with Gasteiger partial charge in [0.2, 0.25) is 5.91 Å². The highest BCUT2D eigenvalue weighted by molar-refractivity contribution is 5.76. The van der Waals surface area contributed by atoms with Crippen molar-refractivity contribution in [2.45, 2.75) is 33.1 Å². The average molecular weight is 187 g/mol. The number of carbonyl (C=O) groups excluding carboxylic acids is 1. The zero-order chi connectivity index (χ0) is 10.5. The maximum Gasteiger partial charge on any atom is 0.309 e. The van der Waals surface area contributed by atoms with Crippen molar-refractivity contribution in [2.75, 3.05) is 7.05 Å². The van der Waals surface area contributed by atoms with Gasteiger partial charge in [0.15, 0.2) is 0 Å². The van der Waals surface area contributed by atoms with E-state index in [9.17, 15) is 9.59 Å². The lowest BCUT2D eigenvalue weighted by atomic mass is 9.87. The topological polar surface area (TPSA) is 66.4 Å². The third kappa shape index (κ3) is 4.50. The van der Waals surface area contributed by atoms with Gasteiger partial charge in [-0.3, -0.25) is 9.59 Å². The molecule has 0 fully saturated rings. The number of hydrogen-bond donors (Lipinski definition) is 2. The number of rotatable bonds is 5. The summed E-state index contributed by atoms with van der Waals surface area (Å²) in [4.78, 5) is 21.5. The van der Waals surface area contributed by atoms with E-state index in [0.29, 0.717) is 19.3 Å². The fourth-order valence-electron chi connectivity index (χ4n) is 0.923. The minimum absolute atomic E-state index is 0.0406. The second-order valence-electron chi connectivity index (χ2n) is 3.72. The molecule has 0 atom stereocenters. The fourth-order valence-corrected chi connectivity index (χ4v) is 0.923. The predicted molar refractivity (Wildman–Crippen MR) is 49.3 cm³/mol. The molecule has 76 valence electrons. The third-order valence-corrected chi connectivity index (χ3v) is 2.06. The summed E-state index contributed by atoms with van der Waals surface area (Å²) in [5, 5.41) is 11.3. The molecule has 4 nitrogen and oxygen atoms in total. The molecule has 1 amide bonds. The molecule has 2 N–H and O–H groups in total. The van der Waals surface area contributed by atoms with Crippen LogP contribution >= 0.6 is 0 Å². The summed E-state index contributed by atoms with van der Waals surface area (Å²) in [5.41, 5.74) is -0.728. The quantitative estimate of drug-likeness (QED) is 0.675. The van der Waals surface area contributed by atoms with E-state index < -0.39 is 11.4 Å². The first-order valence-corrected chi connectivity index (χ1v) is 4.34. The van der Waals surface area contributed by atoms with E-state index in [0.717, 1.165) is 0 Å². The Morgan fingerprint density at radius 3 is 2.31 bits per heavy atom. The lowest BCUT2D eigenvalue weighted by Gasteiger charge is -2.18. The molecule has 0 spiro atoms. The first-order valence-electron chi connectivity index (χ1n) is 4.34. The van der Waals surface area contributed by atoms with E-state index in [-0.39, 0.29) is 5.91 Å². The zero-order valence-corrected chi connectivity index (χ0v) is 8.39. The summed E-state index contributed by atoms with van der Waals surface area (Å²) in [6, 6.07) is 0. The van der Waals surface area contributed by atoms with E-state index in [1.165, 1.54) is 0 Å². The highest BCUT2D eigenvalue weighted by Gasteiger charge is 2.26. The number of carboxylic acid groups (broad SMARTS) is 1. The molecule has 0 aromatic rings. The van der Waals surface area contributed by atoms with Crippen molar-refractivity contribution in [1.82, 2.24) is 5.32 Å². The first kappa shape index (κ1) is 11.9. The Bertz CT molecular complexity index is 199. The molecule has 0 unspecified atom stereocenters. The lowest BCUT2D eigenvalue weighted by Crippen LogP contribution is -2.24. The van der Waals surface area contributed by atoms with Crippen molar-refractivity contribution in [3.05, 3.63) is 0 Å². The normalized spacial score (nSPS) is 11.0. The minimum atomic E-state index is -0.815. The van der Waals surface area contributed by atoms with Crippen molar-refractivity contribution < 1.29 is 14.7 Å². The number of carbonyl (C=O) groups is 2. The number of aliphatic carboxylic acids is 1. The molecule has 13 heavy (non-hydrogen) atoms. The van der Waals surface area contributed by atoms with Crippen LogP contribution in [0.4, 0.5) is 0 Å². The van der Waals surface area contributed by atoms with Gasteiger partial charge >= 0.3 is 5.97 Å². The van der Waals surface area contributed by atoms with E-state index in [1.807, 2.05) is 0 Å². The Balaban J connectivity index is 3.76. The maximum atomic E-state index is 10.8. The van der Waals surface area contributed by atoms with Gasteiger partial charge in [-0.25, -0.2) is 0 Å². The van der Waals surface area contributed by atoms with Crippen molar-refractivity contribution >= 4 is 11.9 Å². The molecule has 0 radical (unpaired) electrons. The summed E-state index contributed by atoms with van der Waals surface area (Å²) in [5.74, 6) is -0.856. The van der Waals surface area contributed by atoms with Crippen molar-refractivity contribution in [3.8, 4) is 0 Å². The smallest absolute Gasteiger partial charge is 0.309 e. The van der Waals surface area contributed by atoms with Gasteiger partial charge in [0.05, 0.1) is 5.41 Å². The summed E-state index contributed by atoms with van der Waals surface area (Å²) >= 11 is 0. The number of hydrogen-bond acceptors (Lipinski definition) is 2. The Hall–Kier alpha value is -1.06. The summed E-state index contributed by atoms with van der Waals surface area (Å²) < 4.78 is 0. The number of amides is 1.